The summed E-state index contributed by atoms with van der Waals surface area (Å²) in [5.74, 6) is 1.34. The van der Waals surface area contributed by atoms with E-state index < -0.39 is 0 Å². The first kappa shape index (κ1) is 22.3. The van der Waals surface area contributed by atoms with E-state index in [9.17, 15) is 4.79 Å². The van der Waals surface area contributed by atoms with Crippen LogP contribution in [0.2, 0.25) is 5.02 Å². The van der Waals surface area contributed by atoms with E-state index in [4.69, 9.17) is 16.0 Å². The molecule has 0 bridgehead atoms. The lowest BCUT2D eigenvalue weighted by Gasteiger charge is -2.12. The first-order valence-electron chi connectivity index (χ1n) is 8.19. The third-order valence-electron chi connectivity index (χ3n) is 3.50. The van der Waals surface area contributed by atoms with E-state index in [1.54, 1.807) is 12.3 Å². The van der Waals surface area contributed by atoms with Gasteiger partial charge in [0.05, 0.1) is 6.26 Å². The summed E-state index contributed by atoms with van der Waals surface area (Å²) in [6.07, 6.45) is 1.94. The Morgan fingerprint density at radius 1 is 1.23 bits per heavy atom. The summed E-state index contributed by atoms with van der Waals surface area (Å²) in [5, 5.41) is 9.78. The molecule has 1 amide bonds. The van der Waals surface area contributed by atoms with Crippen molar-refractivity contribution >= 4 is 53.1 Å². The van der Waals surface area contributed by atoms with E-state index >= 15 is 0 Å². The topological polar surface area (TPSA) is 78.7 Å². The van der Waals surface area contributed by atoms with Crippen LogP contribution in [0.5, 0.6) is 0 Å². The Morgan fingerprint density at radius 2 is 2.04 bits per heavy atom. The minimum absolute atomic E-state index is 0. The summed E-state index contributed by atoms with van der Waals surface area (Å²) >= 11 is 6.06. The fourth-order valence-electron chi connectivity index (χ4n) is 2.15. The van der Waals surface area contributed by atoms with E-state index in [-0.39, 0.29) is 29.9 Å². The highest BCUT2D eigenvalue weighted by atomic mass is 127. The van der Waals surface area contributed by atoms with Crippen LogP contribution in [0.25, 0.3) is 0 Å². The molecule has 0 atom stereocenters. The van der Waals surface area contributed by atoms with E-state index in [0.717, 1.165) is 23.6 Å². The number of amides is 1. The molecule has 0 aliphatic rings. The van der Waals surface area contributed by atoms with Crippen LogP contribution < -0.4 is 16.0 Å². The Bertz CT molecular complexity index is 720. The molecule has 1 aromatic heterocycles. The highest BCUT2D eigenvalue weighted by Crippen LogP contribution is 2.22. The summed E-state index contributed by atoms with van der Waals surface area (Å²) in [6.45, 7) is 5.50. The zero-order chi connectivity index (χ0) is 18.1. The number of anilines is 1. The Labute approximate surface area is 175 Å². The number of guanidine groups is 1. The molecular weight excluding hydrogens is 467 g/mol. The van der Waals surface area contributed by atoms with Gasteiger partial charge in [-0.25, -0.2) is 4.99 Å². The average Bonchev–Trinajstić information content (AvgIpc) is 3.10. The number of nitrogens with one attached hydrogen (secondary N) is 3. The fourth-order valence-corrected chi connectivity index (χ4v) is 2.33. The van der Waals surface area contributed by atoms with Crippen LogP contribution in [0.1, 0.15) is 24.7 Å². The summed E-state index contributed by atoms with van der Waals surface area (Å²) < 4.78 is 5.25. The van der Waals surface area contributed by atoms with Crippen LogP contribution in [0.3, 0.4) is 0 Å². The van der Waals surface area contributed by atoms with E-state index in [0.29, 0.717) is 30.5 Å². The Morgan fingerprint density at radius 3 is 2.73 bits per heavy atom. The lowest BCUT2D eigenvalue weighted by atomic mass is 10.2. The van der Waals surface area contributed by atoms with E-state index in [1.165, 1.54) is 0 Å². The standard InChI is InChI=1S/C18H23ClN4O2.HI/c1-3-20-18(22-12-14-6-5-11-25-14)21-10-9-17(24)23-16-8-4-7-15(19)13(16)2;/h4-8,11H,3,9-10,12H2,1-2H3,(H,23,24)(H2,20,21,22);1H. The number of carbonyl (C=O) groups excluding carboxylic acids is 1. The molecule has 8 heteroatoms. The maximum atomic E-state index is 12.1. The van der Waals surface area contributed by atoms with Crippen molar-refractivity contribution in [2.75, 3.05) is 18.4 Å². The van der Waals surface area contributed by atoms with Crippen molar-refractivity contribution in [3.8, 4) is 0 Å². The zero-order valence-electron chi connectivity index (χ0n) is 14.8. The molecule has 0 saturated heterocycles. The summed E-state index contributed by atoms with van der Waals surface area (Å²) in [7, 11) is 0. The SMILES string of the molecule is CCNC(=NCc1ccco1)NCCC(=O)Nc1cccc(Cl)c1C.I. The molecule has 26 heavy (non-hydrogen) atoms. The first-order valence-corrected chi connectivity index (χ1v) is 8.57. The number of halogens is 2. The van der Waals surface area contributed by atoms with Crippen molar-refractivity contribution in [2.24, 2.45) is 4.99 Å². The molecular formula is C18H24ClIN4O2. The largest absolute Gasteiger partial charge is 0.467 e. The van der Waals surface area contributed by atoms with Crippen LogP contribution in [-0.2, 0) is 11.3 Å². The average molecular weight is 491 g/mol. The van der Waals surface area contributed by atoms with Crippen molar-refractivity contribution in [2.45, 2.75) is 26.8 Å². The van der Waals surface area contributed by atoms with Crippen molar-refractivity contribution in [1.29, 1.82) is 0 Å². The van der Waals surface area contributed by atoms with Gasteiger partial charge in [0.1, 0.15) is 12.3 Å². The van der Waals surface area contributed by atoms with Crippen LogP contribution >= 0.6 is 35.6 Å². The predicted molar refractivity (Wildman–Crippen MR) is 116 cm³/mol. The quantitative estimate of drug-likeness (QED) is 0.312. The van der Waals surface area contributed by atoms with Gasteiger partial charge in [0.25, 0.3) is 0 Å². The number of rotatable bonds is 7. The normalized spacial score (nSPS) is 10.8. The maximum Gasteiger partial charge on any atom is 0.226 e. The molecule has 0 fully saturated rings. The molecule has 2 rings (SSSR count). The molecule has 3 N–H and O–H groups in total. The monoisotopic (exact) mass is 490 g/mol. The molecule has 0 saturated carbocycles. The van der Waals surface area contributed by atoms with Crippen molar-refractivity contribution < 1.29 is 9.21 Å². The lowest BCUT2D eigenvalue weighted by molar-refractivity contribution is -0.116. The van der Waals surface area contributed by atoms with Gasteiger partial charge in [0, 0.05) is 30.2 Å². The number of benzene rings is 1. The van der Waals surface area contributed by atoms with E-state index in [1.807, 2.05) is 38.1 Å². The predicted octanol–water partition coefficient (Wildman–Crippen LogP) is 3.94. The number of carbonyl (C=O) groups is 1. The van der Waals surface area contributed by atoms with Gasteiger partial charge in [0.15, 0.2) is 5.96 Å². The molecule has 1 aromatic carbocycles. The number of furan rings is 1. The number of hydrogen-bond donors (Lipinski definition) is 3. The second kappa shape index (κ2) is 11.8. The van der Waals surface area contributed by atoms with Crippen molar-refractivity contribution in [3.05, 3.63) is 52.9 Å². The Balaban J connectivity index is 0.00000338. The lowest BCUT2D eigenvalue weighted by Crippen LogP contribution is -2.38. The summed E-state index contributed by atoms with van der Waals surface area (Å²) in [6, 6.07) is 9.14. The van der Waals surface area contributed by atoms with Crippen LogP contribution in [-0.4, -0.2) is 25.0 Å². The molecule has 0 spiro atoms. The molecule has 0 radical (unpaired) electrons. The second-order valence-corrected chi connectivity index (χ2v) is 5.82. The molecule has 2 aromatic rings. The summed E-state index contributed by atoms with van der Waals surface area (Å²) in [5.41, 5.74) is 1.59. The van der Waals surface area contributed by atoms with Crippen LogP contribution in [0, 0.1) is 6.92 Å². The van der Waals surface area contributed by atoms with Crippen LogP contribution in [0.15, 0.2) is 46.0 Å². The molecule has 0 aliphatic heterocycles. The number of hydrogen-bond acceptors (Lipinski definition) is 3. The highest BCUT2D eigenvalue weighted by Gasteiger charge is 2.07. The van der Waals surface area contributed by atoms with Gasteiger partial charge in [-0.05, 0) is 43.7 Å². The third kappa shape index (κ3) is 7.25. The van der Waals surface area contributed by atoms with Gasteiger partial charge in [0.2, 0.25) is 5.91 Å². The molecule has 142 valence electrons. The van der Waals surface area contributed by atoms with Gasteiger partial charge in [-0.1, -0.05) is 17.7 Å². The van der Waals surface area contributed by atoms with E-state index in [2.05, 4.69) is 20.9 Å². The number of nitrogens with zero attached hydrogens (tertiary/aromatic N) is 1. The Kier molecular flexibility index (Phi) is 10.1. The van der Waals surface area contributed by atoms with Gasteiger partial charge < -0.3 is 20.4 Å². The smallest absolute Gasteiger partial charge is 0.226 e. The van der Waals surface area contributed by atoms with Gasteiger partial charge in [-0.3, -0.25) is 4.79 Å². The van der Waals surface area contributed by atoms with Gasteiger partial charge in [-0.15, -0.1) is 24.0 Å². The minimum Gasteiger partial charge on any atom is -0.467 e. The minimum atomic E-state index is -0.0836. The van der Waals surface area contributed by atoms with Crippen molar-refractivity contribution in [3.63, 3.8) is 0 Å². The fraction of sp³-hybridized carbons (Fsp3) is 0.333. The highest BCUT2D eigenvalue weighted by molar-refractivity contribution is 14.0. The molecule has 0 aliphatic carbocycles. The molecule has 0 unspecified atom stereocenters. The summed E-state index contributed by atoms with van der Waals surface area (Å²) in [4.78, 5) is 16.5. The first-order chi connectivity index (χ1) is 12.1. The Hall–Kier alpha value is -1.74. The third-order valence-corrected chi connectivity index (χ3v) is 3.91. The molecule has 6 nitrogen and oxygen atoms in total. The van der Waals surface area contributed by atoms with Crippen LogP contribution in [0.4, 0.5) is 5.69 Å². The maximum absolute atomic E-state index is 12.1. The zero-order valence-corrected chi connectivity index (χ0v) is 17.9. The van der Waals surface area contributed by atoms with Crippen molar-refractivity contribution in [1.82, 2.24) is 10.6 Å². The van der Waals surface area contributed by atoms with Gasteiger partial charge in [-0.2, -0.15) is 0 Å². The number of aliphatic imine (C=N–C) groups is 1. The second-order valence-electron chi connectivity index (χ2n) is 5.41. The van der Waals surface area contributed by atoms with Gasteiger partial charge >= 0.3 is 0 Å². The molecule has 1 heterocycles.